The molecule has 1 amide bonds. The number of hydrogen-bond donors (Lipinski definition) is 2. The number of likely N-dealkylation sites (N-methyl/N-ethyl adjacent to an activating group) is 1. The quantitative estimate of drug-likeness (QED) is 0.612. The minimum Gasteiger partial charge on any atom is -0.356 e. The fraction of sp³-hybridized carbons (Fsp3) is 0.833. The molecule has 0 unspecified atom stereocenters. The van der Waals surface area contributed by atoms with Crippen molar-refractivity contribution in [2.75, 3.05) is 13.6 Å². The largest absolute Gasteiger partial charge is 0.356 e. The molecular weight excluding hydrogens is 204 g/mol. The first-order chi connectivity index (χ1) is 7.49. The third-order valence-electron chi connectivity index (χ3n) is 2.55. The maximum absolute atomic E-state index is 11.7. The molecule has 0 aromatic heterocycles. The van der Waals surface area contributed by atoms with Gasteiger partial charge in [-0.3, -0.25) is 9.59 Å². The third-order valence-corrected chi connectivity index (χ3v) is 2.55. The summed E-state index contributed by atoms with van der Waals surface area (Å²) in [4.78, 5) is 22.3. The number of unbranched alkanes of at least 4 members (excludes halogenated alkanes) is 1. The second-order valence-electron chi connectivity index (χ2n) is 4.38. The highest BCUT2D eigenvalue weighted by Crippen LogP contribution is 2.07. The van der Waals surface area contributed by atoms with Crippen LogP contribution in [-0.2, 0) is 9.59 Å². The number of rotatable bonds is 8. The minimum atomic E-state index is -0.0441. The predicted molar refractivity (Wildman–Crippen MR) is 65.2 cm³/mol. The van der Waals surface area contributed by atoms with Gasteiger partial charge in [-0.05, 0) is 26.3 Å². The maximum atomic E-state index is 11.7. The summed E-state index contributed by atoms with van der Waals surface area (Å²) in [7, 11) is 1.82. The van der Waals surface area contributed by atoms with Gasteiger partial charge in [-0.2, -0.15) is 0 Å². The van der Waals surface area contributed by atoms with E-state index >= 15 is 0 Å². The number of amides is 1. The third kappa shape index (κ3) is 6.56. The van der Waals surface area contributed by atoms with E-state index in [1.54, 1.807) is 0 Å². The van der Waals surface area contributed by atoms with Crippen molar-refractivity contribution in [3.8, 4) is 0 Å². The Morgan fingerprint density at radius 2 is 1.81 bits per heavy atom. The van der Waals surface area contributed by atoms with Crippen LogP contribution in [0.25, 0.3) is 0 Å². The molecule has 0 radical (unpaired) electrons. The Morgan fingerprint density at radius 3 is 2.25 bits per heavy atom. The average molecular weight is 228 g/mol. The molecule has 4 nitrogen and oxygen atoms in total. The van der Waals surface area contributed by atoms with Gasteiger partial charge in [0.15, 0.2) is 5.78 Å². The summed E-state index contributed by atoms with van der Waals surface area (Å²) < 4.78 is 0. The van der Waals surface area contributed by atoms with Crippen molar-refractivity contribution < 1.29 is 9.59 Å². The van der Waals surface area contributed by atoms with Gasteiger partial charge in [-0.25, -0.2) is 0 Å². The highest BCUT2D eigenvalue weighted by molar-refractivity contribution is 5.85. The molecule has 2 N–H and O–H groups in total. The second kappa shape index (κ2) is 8.28. The molecule has 0 saturated heterocycles. The van der Waals surface area contributed by atoms with Crippen LogP contribution in [0.1, 0.15) is 40.0 Å². The molecule has 16 heavy (non-hydrogen) atoms. The topological polar surface area (TPSA) is 58.2 Å². The van der Waals surface area contributed by atoms with E-state index in [1.165, 1.54) is 6.92 Å². The highest BCUT2D eigenvalue weighted by atomic mass is 16.1. The van der Waals surface area contributed by atoms with Crippen LogP contribution in [0.5, 0.6) is 0 Å². The molecule has 4 heteroatoms. The van der Waals surface area contributed by atoms with Gasteiger partial charge in [-0.15, -0.1) is 0 Å². The molecule has 0 fully saturated rings. The van der Waals surface area contributed by atoms with Crippen molar-refractivity contribution in [1.29, 1.82) is 0 Å². The molecule has 0 aromatic carbocycles. The van der Waals surface area contributed by atoms with E-state index < -0.39 is 0 Å². The van der Waals surface area contributed by atoms with Gasteiger partial charge in [0.1, 0.15) is 0 Å². The molecule has 0 aromatic rings. The number of nitrogens with one attached hydrogen (secondary N) is 2. The van der Waals surface area contributed by atoms with E-state index in [9.17, 15) is 9.59 Å². The van der Waals surface area contributed by atoms with E-state index in [-0.39, 0.29) is 23.7 Å². The molecular formula is C12H24N2O2. The fourth-order valence-corrected chi connectivity index (χ4v) is 1.57. The van der Waals surface area contributed by atoms with Crippen LogP contribution in [0, 0.1) is 5.92 Å². The molecule has 0 aliphatic rings. The van der Waals surface area contributed by atoms with Crippen molar-refractivity contribution in [1.82, 2.24) is 10.6 Å². The van der Waals surface area contributed by atoms with Crippen LogP contribution in [-0.4, -0.2) is 31.3 Å². The standard InChI is InChI=1S/C12H24N2O2/c1-9(2)12(16)11(13-4)7-5-6-8-14-10(3)15/h9,11,13H,5-8H2,1-4H3,(H,14,15)/t11-/m0/s1. The summed E-state index contributed by atoms with van der Waals surface area (Å²) in [6, 6.07) is -0.0441. The summed E-state index contributed by atoms with van der Waals surface area (Å²) in [5.74, 6) is 0.346. The summed E-state index contributed by atoms with van der Waals surface area (Å²) >= 11 is 0. The molecule has 0 spiro atoms. The Labute approximate surface area is 98.2 Å². The van der Waals surface area contributed by atoms with Crippen LogP contribution in [0.4, 0.5) is 0 Å². The van der Waals surface area contributed by atoms with Crippen LogP contribution >= 0.6 is 0 Å². The normalized spacial score (nSPS) is 12.6. The average Bonchev–Trinajstić information content (AvgIpc) is 2.22. The van der Waals surface area contributed by atoms with Crippen LogP contribution in [0.3, 0.4) is 0 Å². The molecule has 0 heterocycles. The molecule has 0 saturated carbocycles. The summed E-state index contributed by atoms with van der Waals surface area (Å²) in [6.45, 7) is 6.05. The zero-order chi connectivity index (χ0) is 12.6. The van der Waals surface area contributed by atoms with Gasteiger partial charge in [0, 0.05) is 19.4 Å². The number of carbonyl (C=O) groups is 2. The lowest BCUT2D eigenvalue weighted by Crippen LogP contribution is -2.36. The molecule has 0 rings (SSSR count). The lowest BCUT2D eigenvalue weighted by molar-refractivity contribution is -0.124. The predicted octanol–water partition coefficient (Wildman–Crippen LogP) is 1.11. The smallest absolute Gasteiger partial charge is 0.216 e. The molecule has 1 atom stereocenters. The van der Waals surface area contributed by atoms with Crippen molar-refractivity contribution in [2.45, 2.75) is 46.1 Å². The van der Waals surface area contributed by atoms with Gasteiger partial charge in [-0.1, -0.05) is 13.8 Å². The zero-order valence-corrected chi connectivity index (χ0v) is 10.8. The van der Waals surface area contributed by atoms with Crippen molar-refractivity contribution in [3.63, 3.8) is 0 Å². The van der Waals surface area contributed by atoms with Crippen LogP contribution in [0.2, 0.25) is 0 Å². The number of ketones is 1. The maximum Gasteiger partial charge on any atom is 0.216 e. The Kier molecular flexibility index (Phi) is 7.81. The van der Waals surface area contributed by atoms with Crippen molar-refractivity contribution in [3.05, 3.63) is 0 Å². The van der Waals surface area contributed by atoms with Gasteiger partial charge < -0.3 is 10.6 Å². The van der Waals surface area contributed by atoms with Gasteiger partial charge >= 0.3 is 0 Å². The Morgan fingerprint density at radius 1 is 1.19 bits per heavy atom. The highest BCUT2D eigenvalue weighted by Gasteiger charge is 2.18. The zero-order valence-electron chi connectivity index (χ0n) is 10.8. The van der Waals surface area contributed by atoms with Gasteiger partial charge in [0.05, 0.1) is 6.04 Å². The molecule has 94 valence electrons. The van der Waals surface area contributed by atoms with Gasteiger partial charge in [0.25, 0.3) is 0 Å². The molecule has 0 aliphatic carbocycles. The second-order valence-corrected chi connectivity index (χ2v) is 4.38. The monoisotopic (exact) mass is 228 g/mol. The summed E-state index contributed by atoms with van der Waals surface area (Å²) in [6.07, 6.45) is 2.71. The van der Waals surface area contributed by atoms with E-state index in [4.69, 9.17) is 0 Å². The van der Waals surface area contributed by atoms with E-state index in [2.05, 4.69) is 10.6 Å². The Hall–Kier alpha value is -0.900. The minimum absolute atomic E-state index is 0.00317. The molecule has 0 aliphatic heterocycles. The number of Topliss-reactive ketones (excluding diaryl/α,β-unsaturated/α-hetero) is 1. The van der Waals surface area contributed by atoms with E-state index in [0.29, 0.717) is 6.54 Å². The lowest BCUT2D eigenvalue weighted by atomic mass is 9.97. The first-order valence-electron chi connectivity index (χ1n) is 5.94. The van der Waals surface area contributed by atoms with E-state index in [0.717, 1.165) is 19.3 Å². The SMILES string of the molecule is CN[C@@H](CCCCNC(C)=O)C(=O)C(C)C. The lowest BCUT2D eigenvalue weighted by Gasteiger charge is -2.16. The number of carbonyl (C=O) groups excluding carboxylic acids is 2. The Balaban J connectivity index is 3.71. The summed E-state index contributed by atoms with van der Waals surface area (Å²) in [5, 5.41) is 5.79. The fourth-order valence-electron chi connectivity index (χ4n) is 1.57. The first kappa shape index (κ1) is 15.1. The number of hydrogen-bond acceptors (Lipinski definition) is 3. The summed E-state index contributed by atoms with van der Waals surface area (Å²) in [5.41, 5.74) is 0. The first-order valence-corrected chi connectivity index (χ1v) is 5.94. The van der Waals surface area contributed by atoms with Crippen molar-refractivity contribution >= 4 is 11.7 Å². The van der Waals surface area contributed by atoms with E-state index in [1.807, 2.05) is 20.9 Å². The van der Waals surface area contributed by atoms with Crippen LogP contribution < -0.4 is 10.6 Å². The Bertz CT molecular complexity index is 227. The molecule has 0 bridgehead atoms. The van der Waals surface area contributed by atoms with Crippen LogP contribution in [0.15, 0.2) is 0 Å². The van der Waals surface area contributed by atoms with Gasteiger partial charge in [0.2, 0.25) is 5.91 Å². The van der Waals surface area contributed by atoms with Crippen molar-refractivity contribution in [2.24, 2.45) is 5.92 Å².